The van der Waals surface area contributed by atoms with Crippen LogP contribution in [-0.2, 0) is 11.3 Å². The lowest BCUT2D eigenvalue weighted by molar-refractivity contribution is 0.0514. The van der Waals surface area contributed by atoms with Crippen LogP contribution in [0.25, 0.3) is 0 Å². The number of esters is 1. The Morgan fingerprint density at radius 2 is 2.00 bits per heavy atom. The first-order valence-corrected chi connectivity index (χ1v) is 6.09. The van der Waals surface area contributed by atoms with Gasteiger partial charge in [-0.2, -0.15) is 0 Å². The molecule has 3 nitrogen and oxygen atoms in total. The van der Waals surface area contributed by atoms with E-state index in [2.05, 4.69) is 19.1 Å². The Balaban J connectivity index is 2.23. The number of rotatable bonds is 4. The summed E-state index contributed by atoms with van der Waals surface area (Å²) in [6.07, 6.45) is 1.90. The number of carbonyl (C=O) groups excluding carboxylic acids is 1. The number of carbonyl (C=O) groups is 1. The molecule has 0 radical (unpaired) electrons. The molecule has 0 N–H and O–H groups in total. The van der Waals surface area contributed by atoms with E-state index in [0.29, 0.717) is 18.8 Å². The van der Waals surface area contributed by atoms with Gasteiger partial charge in [0.1, 0.15) is 5.69 Å². The summed E-state index contributed by atoms with van der Waals surface area (Å²) in [5.74, 6) is -0.268. The molecular formula is C15H17NO2. The van der Waals surface area contributed by atoms with Crippen molar-refractivity contribution in [1.29, 1.82) is 0 Å². The molecule has 3 heteroatoms. The van der Waals surface area contributed by atoms with Gasteiger partial charge in [0.05, 0.1) is 6.61 Å². The van der Waals surface area contributed by atoms with E-state index in [1.54, 1.807) is 6.07 Å². The van der Waals surface area contributed by atoms with Crippen molar-refractivity contribution < 1.29 is 9.53 Å². The summed E-state index contributed by atoms with van der Waals surface area (Å²) in [4.78, 5) is 11.8. The number of nitrogens with zero attached hydrogens (tertiary/aromatic N) is 1. The highest BCUT2D eigenvalue weighted by Gasteiger charge is 2.12. The van der Waals surface area contributed by atoms with Crippen LogP contribution >= 0.6 is 0 Å². The maximum atomic E-state index is 11.8. The summed E-state index contributed by atoms with van der Waals surface area (Å²) < 4.78 is 6.95. The number of benzene rings is 1. The molecule has 1 heterocycles. The van der Waals surface area contributed by atoms with Gasteiger partial charge in [0.25, 0.3) is 0 Å². The Hall–Kier alpha value is -2.03. The normalized spacial score (nSPS) is 10.3. The lowest BCUT2D eigenvalue weighted by Gasteiger charge is -2.10. The minimum atomic E-state index is -0.268. The lowest BCUT2D eigenvalue weighted by atomic mass is 10.1. The third kappa shape index (κ3) is 2.62. The van der Waals surface area contributed by atoms with Gasteiger partial charge in [-0.15, -0.1) is 0 Å². The molecule has 0 fully saturated rings. The van der Waals surface area contributed by atoms with Crippen LogP contribution in [0, 0.1) is 6.92 Å². The molecule has 0 aliphatic rings. The topological polar surface area (TPSA) is 31.2 Å². The Labute approximate surface area is 107 Å². The first-order chi connectivity index (χ1) is 8.72. The van der Waals surface area contributed by atoms with Gasteiger partial charge in [-0.3, -0.25) is 0 Å². The average Bonchev–Trinajstić information content (AvgIpc) is 2.81. The molecule has 0 saturated heterocycles. The number of aromatic nitrogens is 1. The molecule has 94 valence electrons. The standard InChI is InChI=1S/C15H17NO2/c1-3-18-15(17)14-9-6-10-16(14)11-13-8-5-4-7-12(13)2/h4-10H,3,11H2,1-2H3. The van der Waals surface area contributed by atoms with E-state index in [4.69, 9.17) is 4.74 Å². The highest BCUT2D eigenvalue weighted by molar-refractivity contribution is 5.87. The van der Waals surface area contributed by atoms with Gasteiger partial charge in [-0.25, -0.2) is 4.79 Å². The fraction of sp³-hybridized carbons (Fsp3) is 0.267. The van der Waals surface area contributed by atoms with Gasteiger partial charge < -0.3 is 9.30 Å². The smallest absolute Gasteiger partial charge is 0.354 e. The highest BCUT2D eigenvalue weighted by Crippen LogP contribution is 2.12. The Morgan fingerprint density at radius 1 is 1.22 bits per heavy atom. The van der Waals surface area contributed by atoms with E-state index >= 15 is 0 Å². The second-order valence-electron chi connectivity index (χ2n) is 4.17. The van der Waals surface area contributed by atoms with Gasteiger partial charge in [0.2, 0.25) is 0 Å². The molecule has 0 aliphatic carbocycles. The quantitative estimate of drug-likeness (QED) is 0.773. The van der Waals surface area contributed by atoms with Crippen molar-refractivity contribution in [2.75, 3.05) is 6.61 Å². The molecule has 1 aromatic heterocycles. The molecule has 0 saturated carbocycles. The molecule has 1 aromatic carbocycles. The van der Waals surface area contributed by atoms with E-state index in [9.17, 15) is 4.79 Å². The SMILES string of the molecule is CCOC(=O)c1cccn1Cc1ccccc1C. The predicted molar refractivity (Wildman–Crippen MR) is 70.7 cm³/mol. The number of aryl methyl sites for hydroxylation is 1. The fourth-order valence-corrected chi connectivity index (χ4v) is 1.91. The summed E-state index contributed by atoms with van der Waals surface area (Å²) in [6, 6.07) is 11.8. The van der Waals surface area contributed by atoms with Crippen molar-refractivity contribution >= 4 is 5.97 Å². The van der Waals surface area contributed by atoms with Crippen LogP contribution < -0.4 is 0 Å². The van der Waals surface area contributed by atoms with E-state index in [0.717, 1.165) is 0 Å². The van der Waals surface area contributed by atoms with E-state index in [1.807, 2.05) is 35.9 Å². The maximum Gasteiger partial charge on any atom is 0.354 e. The minimum absolute atomic E-state index is 0.268. The van der Waals surface area contributed by atoms with E-state index in [-0.39, 0.29) is 5.97 Å². The lowest BCUT2D eigenvalue weighted by Crippen LogP contribution is -2.12. The molecule has 0 unspecified atom stereocenters. The number of ether oxygens (including phenoxy) is 1. The number of hydrogen-bond acceptors (Lipinski definition) is 2. The van der Waals surface area contributed by atoms with Crippen LogP contribution in [0.2, 0.25) is 0 Å². The first-order valence-electron chi connectivity index (χ1n) is 6.09. The van der Waals surface area contributed by atoms with Crippen LogP contribution in [-0.4, -0.2) is 17.1 Å². The molecule has 18 heavy (non-hydrogen) atoms. The molecule has 0 bridgehead atoms. The van der Waals surface area contributed by atoms with Crippen molar-refractivity contribution in [2.24, 2.45) is 0 Å². The monoisotopic (exact) mass is 243 g/mol. The van der Waals surface area contributed by atoms with Crippen LogP contribution in [0.15, 0.2) is 42.6 Å². The summed E-state index contributed by atoms with van der Waals surface area (Å²) in [5, 5.41) is 0. The molecule has 0 amide bonds. The molecule has 2 rings (SSSR count). The van der Waals surface area contributed by atoms with E-state index in [1.165, 1.54) is 11.1 Å². The van der Waals surface area contributed by atoms with Crippen molar-refractivity contribution in [2.45, 2.75) is 20.4 Å². The average molecular weight is 243 g/mol. The van der Waals surface area contributed by atoms with Gasteiger partial charge in [-0.1, -0.05) is 24.3 Å². The van der Waals surface area contributed by atoms with Crippen LogP contribution in [0.4, 0.5) is 0 Å². The zero-order valence-corrected chi connectivity index (χ0v) is 10.7. The van der Waals surface area contributed by atoms with Crippen molar-refractivity contribution in [1.82, 2.24) is 4.57 Å². The summed E-state index contributed by atoms with van der Waals surface area (Å²) in [6.45, 7) is 4.97. The number of hydrogen-bond donors (Lipinski definition) is 0. The zero-order chi connectivity index (χ0) is 13.0. The second-order valence-corrected chi connectivity index (χ2v) is 4.17. The molecular weight excluding hydrogens is 226 g/mol. The summed E-state index contributed by atoms with van der Waals surface area (Å²) in [5.41, 5.74) is 3.03. The molecule has 0 aliphatic heterocycles. The van der Waals surface area contributed by atoms with E-state index < -0.39 is 0 Å². The molecule has 0 spiro atoms. The van der Waals surface area contributed by atoms with Crippen molar-refractivity contribution in [3.63, 3.8) is 0 Å². The summed E-state index contributed by atoms with van der Waals surface area (Å²) in [7, 11) is 0. The predicted octanol–water partition coefficient (Wildman–Crippen LogP) is 3.02. The fourth-order valence-electron chi connectivity index (χ4n) is 1.91. The summed E-state index contributed by atoms with van der Waals surface area (Å²) >= 11 is 0. The van der Waals surface area contributed by atoms with Crippen LogP contribution in [0.5, 0.6) is 0 Å². The largest absolute Gasteiger partial charge is 0.461 e. The Bertz CT molecular complexity index is 543. The van der Waals surface area contributed by atoms with Gasteiger partial charge in [-0.05, 0) is 37.1 Å². The maximum absolute atomic E-state index is 11.8. The zero-order valence-electron chi connectivity index (χ0n) is 10.7. The van der Waals surface area contributed by atoms with Crippen LogP contribution in [0.1, 0.15) is 28.5 Å². The van der Waals surface area contributed by atoms with Crippen LogP contribution in [0.3, 0.4) is 0 Å². The second kappa shape index (κ2) is 5.54. The third-order valence-electron chi connectivity index (χ3n) is 2.92. The first kappa shape index (κ1) is 12.4. The van der Waals surface area contributed by atoms with Crippen molar-refractivity contribution in [3.05, 3.63) is 59.4 Å². The highest BCUT2D eigenvalue weighted by atomic mass is 16.5. The van der Waals surface area contributed by atoms with Gasteiger partial charge in [0.15, 0.2) is 0 Å². The third-order valence-corrected chi connectivity index (χ3v) is 2.92. The molecule has 0 atom stereocenters. The van der Waals surface area contributed by atoms with Gasteiger partial charge >= 0.3 is 5.97 Å². The molecule has 2 aromatic rings. The van der Waals surface area contributed by atoms with Crippen molar-refractivity contribution in [3.8, 4) is 0 Å². The Morgan fingerprint density at radius 3 is 2.72 bits per heavy atom. The minimum Gasteiger partial charge on any atom is -0.461 e. The van der Waals surface area contributed by atoms with Gasteiger partial charge in [0, 0.05) is 12.7 Å². The Kier molecular flexibility index (Phi) is 3.82.